The minimum Gasteiger partial charge on any atom is -0.383 e. The van der Waals surface area contributed by atoms with Crippen LogP contribution in [0.4, 0.5) is 0 Å². The SMILES string of the molecule is CCN(Cc1ccnc(C(=N)N)c1)C(C)COC. The highest BCUT2D eigenvalue weighted by molar-refractivity contribution is 5.93. The third kappa shape index (κ3) is 4.09. The van der Waals surface area contributed by atoms with E-state index in [4.69, 9.17) is 15.9 Å². The zero-order valence-electron chi connectivity index (χ0n) is 11.3. The predicted molar refractivity (Wildman–Crippen MR) is 72.7 cm³/mol. The maximum absolute atomic E-state index is 7.39. The number of nitrogens with zero attached hydrogens (tertiary/aromatic N) is 2. The molecule has 1 unspecified atom stereocenters. The second kappa shape index (κ2) is 7.08. The summed E-state index contributed by atoms with van der Waals surface area (Å²) in [5.41, 5.74) is 7.08. The quantitative estimate of drug-likeness (QED) is 0.563. The molecule has 1 aromatic rings. The van der Waals surface area contributed by atoms with Gasteiger partial charge in [0.2, 0.25) is 0 Å². The summed E-state index contributed by atoms with van der Waals surface area (Å²) in [5.74, 6) is 0.00448. The summed E-state index contributed by atoms with van der Waals surface area (Å²) in [5, 5.41) is 7.39. The van der Waals surface area contributed by atoms with E-state index in [1.165, 1.54) is 0 Å². The molecular formula is C13H22N4O. The molecule has 0 saturated carbocycles. The monoisotopic (exact) mass is 250 g/mol. The first-order chi connectivity index (χ1) is 8.58. The van der Waals surface area contributed by atoms with Crippen LogP contribution in [0.2, 0.25) is 0 Å². The van der Waals surface area contributed by atoms with E-state index >= 15 is 0 Å². The number of hydrogen-bond acceptors (Lipinski definition) is 4. The molecule has 0 spiro atoms. The first-order valence-electron chi connectivity index (χ1n) is 6.10. The van der Waals surface area contributed by atoms with Gasteiger partial charge in [-0.05, 0) is 31.2 Å². The van der Waals surface area contributed by atoms with Gasteiger partial charge >= 0.3 is 0 Å². The molecule has 0 aromatic carbocycles. The van der Waals surface area contributed by atoms with Gasteiger partial charge in [-0.15, -0.1) is 0 Å². The molecule has 3 N–H and O–H groups in total. The van der Waals surface area contributed by atoms with E-state index in [0.29, 0.717) is 18.3 Å². The van der Waals surface area contributed by atoms with Crippen molar-refractivity contribution in [2.24, 2.45) is 5.73 Å². The number of ether oxygens (including phenoxy) is 1. The molecule has 0 saturated heterocycles. The molecule has 5 nitrogen and oxygen atoms in total. The number of amidine groups is 1. The Balaban J connectivity index is 2.75. The average molecular weight is 250 g/mol. The zero-order valence-corrected chi connectivity index (χ0v) is 11.3. The topological polar surface area (TPSA) is 75.2 Å². The molecule has 1 rings (SSSR count). The van der Waals surface area contributed by atoms with Crippen LogP contribution >= 0.6 is 0 Å². The molecule has 0 aliphatic heterocycles. The molecular weight excluding hydrogens is 228 g/mol. The van der Waals surface area contributed by atoms with E-state index in [9.17, 15) is 0 Å². The van der Waals surface area contributed by atoms with Crippen LogP contribution in [0, 0.1) is 5.41 Å². The Kier molecular flexibility index (Phi) is 5.74. The maximum atomic E-state index is 7.39. The lowest BCUT2D eigenvalue weighted by Gasteiger charge is -2.27. The van der Waals surface area contributed by atoms with Crippen molar-refractivity contribution in [2.75, 3.05) is 20.3 Å². The number of rotatable bonds is 7. The van der Waals surface area contributed by atoms with E-state index < -0.39 is 0 Å². The van der Waals surface area contributed by atoms with Crippen LogP contribution in [-0.2, 0) is 11.3 Å². The number of nitrogens with two attached hydrogens (primary N) is 1. The lowest BCUT2D eigenvalue weighted by atomic mass is 10.2. The largest absolute Gasteiger partial charge is 0.383 e. The highest BCUT2D eigenvalue weighted by Crippen LogP contribution is 2.09. The Labute approximate surface area is 108 Å². The number of methoxy groups -OCH3 is 1. The van der Waals surface area contributed by atoms with E-state index in [-0.39, 0.29) is 5.84 Å². The van der Waals surface area contributed by atoms with Crippen LogP contribution < -0.4 is 5.73 Å². The van der Waals surface area contributed by atoms with Crippen LogP contribution in [0.5, 0.6) is 0 Å². The van der Waals surface area contributed by atoms with Crippen LogP contribution in [0.1, 0.15) is 25.1 Å². The first-order valence-corrected chi connectivity index (χ1v) is 6.10. The summed E-state index contributed by atoms with van der Waals surface area (Å²) in [7, 11) is 1.71. The third-order valence-corrected chi connectivity index (χ3v) is 2.92. The van der Waals surface area contributed by atoms with Crippen molar-refractivity contribution in [1.29, 1.82) is 5.41 Å². The lowest BCUT2D eigenvalue weighted by molar-refractivity contribution is 0.0982. The van der Waals surface area contributed by atoms with Gasteiger partial charge in [-0.2, -0.15) is 0 Å². The first kappa shape index (κ1) is 14.6. The Morgan fingerprint density at radius 2 is 2.33 bits per heavy atom. The highest BCUT2D eigenvalue weighted by Gasteiger charge is 2.12. The fourth-order valence-electron chi connectivity index (χ4n) is 1.88. The van der Waals surface area contributed by atoms with Gasteiger partial charge in [-0.25, -0.2) is 0 Å². The van der Waals surface area contributed by atoms with Crippen LogP contribution in [0.3, 0.4) is 0 Å². The lowest BCUT2D eigenvalue weighted by Crippen LogP contribution is -2.35. The molecule has 0 bridgehead atoms. The van der Waals surface area contributed by atoms with Crippen molar-refractivity contribution < 1.29 is 4.74 Å². The number of nitrogens with one attached hydrogen (secondary N) is 1. The van der Waals surface area contributed by atoms with Crippen molar-refractivity contribution in [1.82, 2.24) is 9.88 Å². The molecule has 0 aliphatic rings. The van der Waals surface area contributed by atoms with Gasteiger partial charge in [0.25, 0.3) is 0 Å². The summed E-state index contributed by atoms with van der Waals surface area (Å²) in [6.07, 6.45) is 1.70. The molecule has 1 heterocycles. The van der Waals surface area contributed by atoms with Gasteiger partial charge in [0.05, 0.1) is 6.61 Å². The van der Waals surface area contributed by atoms with Crippen molar-refractivity contribution in [3.8, 4) is 0 Å². The van der Waals surface area contributed by atoms with Crippen LogP contribution in [0.25, 0.3) is 0 Å². The van der Waals surface area contributed by atoms with Crippen LogP contribution in [0.15, 0.2) is 18.3 Å². The Hall–Kier alpha value is -1.46. The summed E-state index contributed by atoms with van der Waals surface area (Å²) in [6, 6.07) is 4.17. The third-order valence-electron chi connectivity index (χ3n) is 2.92. The number of pyridine rings is 1. The Morgan fingerprint density at radius 1 is 1.61 bits per heavy atom. The average Bonchev–Trinajstić information content (AvgIpc) is 2.36. The van der Waals surface area contributed by atoms with E-state index in [1.807, 2.05) is 12.1 Å². The van der Waals surface area contributed by atoms with Crippen molar-refractivity contribution >= 4 is 5.84 Å². The second-order valence-corrected chi connectivity index (χ2v) is 4.33. The second-order valence-electron chi connectivity index (χ2n) is 4.33. The molecule has 18 heavy (non-hydrogen) atoms. The predicted octanol–water partition coefficient (Wildman–Crippen LogP) is 1.22. The van der Waals surface area contributed by atoms with E-state index in [1.54, 1.807) is 13.3 Å². The maximum Gasteiger partial charge on any atom is 0.141 e. The van der Waals surface area contributed by atoms with Gasteiger partial charge in [0, 0.05) is 25.9 Å². The Morgan fingerprint density at radius 3 is 2.89 bits per heavy atom. The van der Waals surface area contributed by atoms with Gasteiger partial charge < -0.3 is 10.5 Å². The highest BCUT2D eigenvalue weighted by atomic mass is 16.5. The molecule has 0 radical (unpaired) electrons. The molecule has 0 fully saturated rings. The molecule has 1 aromatic heterocycles. The number of hydrogen-bond donors (Lipinski definition) is 2. The van der Waals surface area contributed by atoms with E-state index in [0.717, 1.165) is 18.7 Å². The van der Waals surface area contributed by atoms with Gasteiger partial charge in [0.15, 0.2) is 0 Å². The number of aromatic nitrogens is 1. The Bertz CT molecular complexity index is 394. The molecule has 1 atom stereocenters. The number of likely N-dealkylation sites (N-methyl/N-ethyl adjacent to an activating group) is 1. The fourth-order valence-corrected chi connectivity index (χ4v) is 1.88. The normalized spacial score (nSPS) is 12.7. The molecule has 0 aliphatic carbocycles. The minimum absolute atomic E-state index is 0.00448. The number of nitrogen functional groups attached to an aromatic ring is 1. The van der Waals surface area contributed by atoms with Crippen molar-refractivity contribution in [2.45, 2.75) is 26.4 Å². The molecule has 0 amide bonds. The fraction of sp³-hybridized carbons (Fsp3) is 0.538. The summed E-state index contributed by atoms with van der Waals surface area (Å²) in [6.45, 7) is 6.73. The summed E-state index contributed by atoms with van der Waals surface area (Å²) < 4.78 is 5.18. The molecule has 5 heteroatoms. The van der Waals surface area contributed by atoms with Gasteiger partial charge in [-0.3, -0.25) is 15.3 Å². The van der Waals surface area contributed by atoms with Gasteiger partial charge in [-0.1, -0.05) is 6.92 Å². The minimum atomic E-state index is 0.00448. The molecule has 100 valence electrons. The van der Waals surface area contributed by atoms with E-state index in [2.05, 4.69) is 23.7 Å². The summed E-state index contributed by atoms with van der Waals surface area (Å²) >= 11 is 0. The van der Waals surface area contributed by atoms with Gasteiger partial charge in [0.1, 0.15) is 11.5 Å². The van der Waals surface area contributed by atoms with Crippen molar-refractivity contribution in [3.63, 3.8) is 0 Å². The standard InChI is InChI=1S/C13H22N4O/c1-4-17(10(2)9-18-3)8-11-5-6-16-12(7-11)13(14)15/h5-7,10H,4,8-9H2,1-3H3,(H3,14,15). The summed E-state index contributed by atoms with van der Waals surface area (Å²) in [4.78, 5) is 6.37. The zero-order chi connectivity index (χ0) is 13.5. The smallest absolute Gasteiger partial charge is 0.141 e. The van der Waals surface area contributed by atoms with Crippen molar-refractivity contribution in [3.05, 3.63) is 29.6 Å². The van der Waals surface area contributed by atoms with Crippen LogP contribution in [-0.4, -0.2) is 42.0 Å².